The Kier molecular flexibility index (Phi) is 2.61. The fourth-order valence-corrected chi connectivity index (χ4v) is 2.36. The van der Waals surface area contributed by atoms with Crippen molar-refractivity contribution in [2.45, 2.75) is 44.2 Å². The third-order valence-electron chi connectivity index (χ3n) is 3.75. The lowest BCUT2D eigenvalue weighted by molar-refractivity contribution is -0.134. The maximum Gasteiger partial charge on any atom is 0.170 e. The number of alkyl halides is 1. The Morgan fingerprint density at radius 2 is 1.75 bits per heavy atom. The molecule has 1 aliphatic rings. The average Bonchev–Trinajstić information content (AvgIpc) is 2.26. The highest BCUT2D eigenvalue weighted by atomic mass is 19.1. The highest BCUT2D eigenvalue weighted by Gasteiger charge is 2.44. The van der Waals surface area contributed by atoms with E-state index >= 15 is 0 Å². The molecule has 0 amide bonds. The van der Waals surface area contributed by atoms with Gasteiger partial charge in [0, 0.05) is 6.42 Å². The van der Waals surface area contributed by atoms with Gasteiger partial charge in [-0.1, -0.05) is 37.3 Å². The number of carbonyl (C=O) groups excluding carboxylic acids is 1. The van der Waals surface area contributed by atoms with E-state index in [1.54, 1.807) is 0 Å². The number of Topliss-reactive ketones (excluding diaryl/α,β-unsaturated/α-hetero) is 1. The molecule has 0 N–H and O–H groups in total. The second kappa shape index (κ2) is 3.69. The summed E-state index contributed by atoms with van der Waals surface area (Å²) in [5.74, 6) is -0.259. The van der Waals surface area contributed by atoms with Crippen LogP contribution < -0.4 is 0 Å². The molecule has 0 bridgehead atoms. The summed E-state index contributed by atoms with van der Waals surface area (Å²) in [5.41, 5.74) is -0.669. The molecule has 0 aliphatic heterocycles. The van der Waals surface area contributed by atoms with Crippen LogP contribution in [0, 0.1) is 0 Å². The SMILES string of the molecule is C[C@]1(c2ccccc2)CC[C@](C)(F)C(=O)C1. The number of rotatable bonds is 1. The first-order valence-corrected chi connectivity index (χ1v) is 5.72. The number of hydrogen-bond donors (Lipinski definition) is 0. The van der Waals surface area contributed by atoms with E-state index in [0.29, 0.717) is 12.8 Å². The molecule has 1 aromatic rings. The minimum atomic E-state index is -1.62. The van der Waals surface area contributed by atoms with Crippen LogP contribution in [0.3, 0.4) is 0 Å². The van der Waals surface area contributed by atoms with Crippen LogP contribution in [0.4, 0.5) is 4.39 Å². The largest absolute Gasteiger partial charge is 0.296 e. The second-order valence-corrected chi connectivity index (χ2v) is 5.22. The van der Waals surface area contributed by atoms with Crippen molar-refractivity contribution >= 4 is 5.78 Å². The number of carbonyl (C=O) groups is 1. The van der Waals surface area contributed by atoms with Crippen LogP contribution in [0.25, 0.3) is 0 Å². The minimum absolute atomic E-state index is 0.191. The van der Waals surface area contributed by atoms with Crippen LogP contribution in [0.15, 0.2) is 30.3 Å². The quantitative estimate of drug-likeness (QED) is 0.708. The van der Waals surface area contributed by atoms with Crippen molar-refractivity contribution < 1.29 is 9.18 Å². The van der Waals surface area contributed by atoms with Gasteiger partial charge in [0.2, 0.25) is 0 Å². The van der Waals surface area contributed by atoms with Gasteiger partial charge in [0.25, 0.3) is 0 Å². The van der Waals surface area contributed by atoms with Crippen LogP contribution in [0.2, 0.25) is 0 Å². The summed E-state index contributed by atoms with van der Waals surface area (Å²) in [5, 5.41) is 0. The van der Waals surface area contributed by atoms with Gasteiger partial charge in [0.1, 0.15) is 0 Å². The molecule has 0 heterocycles. The normalized spacial score (nSPS) is 35.1. The molecule has 0 radical (unpaired) electrons. The lowest BCUT2D eigenvalue weighted by Gasteiger charge is -2.38. The maximum atomic E-state index is 13.8. The average molecular weight is 220 g/mol. The van der Waals surface area contributed by atoms with E-state index in [-0.39, 0.29) is 11.2 Å². The second-order valence-electron chi connectivity index (χ2n) is 5.22. The zero-order valence-electron chi connectivity index (χ0n) is 9.79. The maximum absolute atomic E-state index is 13.8. The molecule has 0 saturated heterocycles. The van der Waals surface area contributed by atoms with Crippen LogP contribution in [0.1, 0.15) is 38.7 Å². The van der Waals surface area contributed by atoms with Gasteiger partial charge in [-0.2, -0.15) is 0 Å². The fourth-order valence-electron chi connectivity index (χ4n) is 2.36. The molecule has 0 unspecified atom stereocenters. The van der Waals surface area contributed by atoms with Crippen LogP contribution in [-0.4, -0.2) is 11.5 Å². The first-order chi connectivity index (χ1) is 7.44. The number of benzene rings is 1. The molecule has 0 spiro atoms. The lowest BCUT2D eigenvalue weighted by Crippen LogP contribution is -2.43. The molecule has 0 aromatic heterocycles. The van der Waals surface area contributed by atoms with Gasteiger partial charge in [-0.3, -0.25) is 4.79 Å². The summed E-state index contributed by atoms with van der Waals surface area (Å²) in [6.07, 6.45) is 1.37. The Balaban J connectivity index is 2.27. The molecule has 16 heavy (non-hydrogen) atoms. The third kappa shape index (κ3) is 1.89. The molecular formula is C14H17FO. The lowest BCUT2D eigenvalue weighted by atomic mass is 9.67. The van der Waals surface area contributed by atoms with Gasteiger partial charge >= 0.3 is 0 Å². The number of ketones is 1. The van der Waals surface area contributed by atoms with Gasteiger partial charge in [0.15, 0.2) is 11.5 Å². The summed E-state index contributed by atoms with van der Waals surface area (Å²) in [7, 11) is 0. The summed E-state index contributed by atoms with van der Waals surface area (Å²) in [6.45, 7) is 3.45. The van der Waals surface area contributed by atoms with Gasteiger partial charge in [-0.25, -0.2) is 4.39 Å². The Bertz CT molecular complexity index is 396. The van der Waals surface area contributed by atoms with E-state index in [1.165, 1.54) is 6.92 Å². The van der Waals surface area contributed by atoms with E-state index in [4.69, 9.17) is 0 Å². The smallest absolute Gasteiger partial charge is 0.170 e. The zero-order valence-corrected chi connectivity index (χ0v) is 9.79. The molecule has 1 nitrogen and oxygen atoms in total. The Hall–Kier alpha value is -1.18. The van der Waals surface area contributed by atoms with Gasteiger partial charge in [-0.05, 0) is 30.7 Å². The van der Waals surface area contributed by atoms with Crippen molar-refractivity contribution in [2.24, 2.45) is 0 Å². The highest BCUT2D eigenvalue weighted by molar-refractivity contribution is 5.88. The first kappa shape index (κ1) is 11.3. The Morgan fingerprint density at radius 1 is 1.12 bits per heavy atom. The topological polar surface area (TPSA) is 17.1 Å². The highest BCUT2D eigenvalue weighted by Crippen LogP contribution is 2.42. The molecule has 1 fully saturated rings. The van der Waals surface area contributed by atoms with Crippen molar-refractivity contribution in [1.82, 2.24) is 0 Å². The predicted molar refractivity (Wildman–Crippen MR) is 62.2 cm³/mol. The summed E-state index contributed by atoms with van der Waals surface area (Å²) in [6, 6.07) is 9.93. The van der Waals surface area contributed by atoms with E-state index in [0.717, 1.165) is 12.0 Å². The molecule has 1 aliphatic carbocycles. The van der Waals surface area contributed by atoms with Crippen molar-refractivity contribution in [2.75, 3.05) is 0 Å². The van der Waals surface area contributed by atoms with Crippen molar-refractivity contribution in [1.29, 1.82) is 0 Å². The van der Waals surface area contributed by atoms with Crippen molar-refractivity contribution in [3.63, 3.8) is 0 Å². The standard InChI is InChI=1S/C14H17FO/c1-13(11-6-4-3-5-7-11)8-9-14(2,15)12(16)10-13/h3-7H,8-10H2,1-2H3/t13-,14-/m0/s1. The van der Waals surface area contributed by atoms with E-state index in [9.17, 15) is 9.18 Å². The van der Waals surface area contributed by atoms with E-state index < -0.39 is 5.67 Å². The third-order valence-corrected chi connectivity index (χ3v) is 3.75. The van der Waals surface area contributed by atoms with Crippen LogP contribution in [0.5, 0.6) is 0 Å². The predicted octanol–water partition coefficient (Wildman–Crippen LogP) is 3.43. The van der Waals surface area contributed by atoms with E-state index in [1.807, 2.05) is 30.3 Å². The molecule has 2 rings (SSSR count). The molecule has 1 aromatic carbocycles. The zero-order chi connectivity index (χ0) is 11.8. The van der Waals surface area contributed by atoms with Crippen molar-refractivity contribution in [3.8, 4) is 0 Å². The summed E-state index contributed by atoms with van der Waals surface area (Å²) >= 11 is 0. The molecule has 2 heteroatoms. The van der Waals surface area contributed by atoms with Crippen LogP contribution >= 0.6 is 0 Å². The minimum Gasteiger partial charge on any atom is -0.296 e. The monoisotopic (exact) mass is 220 g/mol. The number of hydrogen-bond acceptors (Lipinski definition) is 1. The summed E-state index contributed by atoms with van der Waals surface area (Å²) < 4.78 is 13.8. The van der Waals surface area contributed by atoms with Gasteiger partial charge in [0.05, 0.1) is 0 Å². The van der Waals surface area contributed by atoms with Gasteiger partial charge < -0.3 is 0 Å². The van der Waals surface area contributed by atoms with Gasteiger partial charge in [-0.15, -0.1) is 0 Å². The molecule has 86 valence electrons. The first-order valence-electron chi connectivity index (χ1n) is 5.72. The fraction of sp³-hybridized carbons (Fsp3) is 0.500. The molecule has 2 atom stereocenters. The van der Waals surface area contributed by atoms with Crippen LogP contribution in [-0.2, 0) is 10.2 Å². The number of halogens is 1. The Morgan fingerprint density at radius 3 is 2.31 bits per heavy atom. The van der Waals surface area contributed by atoms with E-state index in [2.05, 4.69) is 6.92 Å². The van der Waals surface area contributed by atoms with Crippen molar-refractivity contribution in [3.05, 3.63) is 35.9 Å². The molecular weight excluding hydrogens is 203 g/mol. The Labute approximate surface area is 95.7 Å². The molecule has 1 saturated carbocycles. The summed E-state index contributed by atoms with van der Waals surface area (Å²) in [4.78, 5) is 11.7.